The molecule has 4 heterocycles. The van der Waals surface area contributed by atoms with Crippen molar-refractivity contribution < 1.29 is 23.8 Å². The smallest absolute Gasteiger partial charge is 0.335 e. The van der Waals surface area contributed by atoms with Crippen LogP contribution in [0.25, 0.3) is 0 Å². The fourth-order valence-electron chi connectivity index (χ4n) is 6.67. The second-order valence-corrected chi connectivity index (χ2v) is 12.0. The molecule has 0 unspecified atom stereocenters. The highest BCUT2D eigenvalue weighted by atomic mass is 19.1. The van der Waals surface area contributed by atoms with Gasteiger partial charge in [0.25, 0.3) is 0 Å². The second-order valence-electron chi connectivity index (χ2n) is 12.0. The number of amides is 2. The normalized spacial score (nSPS) is 20.3. The molecule has 3 saturated heterocycles. The van der Waals surface area contributed by atoms with Crippen LogP contribution in [0.2, 0.25) is 0 Å². The molecule has 1 N–H and O–H groups in total. The minimum atomic E-state index is -0.965. The van der Waals surface area contributed by atoms with Gasteiger partial charge in [0.05, 0.1) is 11.6 Å². The molecule has 0 spiro atoms. The van der Waals surface area contributed by atoms with Crippen molar-refractivity contribution in [2.24, 2.45) is 0 Å². The second kappa shape index (κ2) is 12.9. The minimum absolute atomic E-state index is 0.0203. The van der Waals surface area contributed by atoms with Crippen molar-refractivity contribution in [1.82, 2.24) is 24.7 Å². The number of urea groups is 1. The molecule has 6 rings (SSSR count). The third kappa shape index (κ3) is 6.25. The van der Waals surface area contributed by atoms with Gasteiger partial charge in [-0.15, -0.1) is 0 Å². The largest absolute Gasteiger partial charge is 0.478 e. The number of carbonyl (C=O) groups is 2. The number of benzene rings is 2. The van der Waals surface area contributed by atoms with Crippen molar-refractivity contribution in [3.8, 4) is 0 Å². The van der Waals surface area contributed by atoms with E-state index < -0.39 is 5.97 Å². The number of nitrogens with zero attached hydrogens (tertiary/aromatic N) is 6. The Labute approximate surface area is 257 Å². The number of rotatable bonds is 8. The molecular weight excluding hydrogens is 563 g/mol. The van der Waals surface area contributed by atoms with Crippen LogP contribution in [-0.2, 0) is 11.3 Å². The van der Waals surface area contributed by atoms with Crippen LogP contribution in [0.3, 0.4) is 0 Å². The van der Waals surface area contributed by atoms with Crippen molar-refractivity contribution in [2.45, 2.75) is 57.3 Å². The summed E-state index contributed by atoms with van der Waals surface area (Å²) in [6.45, 7) is 6.09. The van der Waals surface area contributed by atoms with Crippen LogP contribution in [0.4, 0.5) is 20.8 Å². The fourth-order valence-corrected chi connectivity index (χ4v) is 6.67. The van der Waals surface area contributed by atoms with Gasteiger partial charge < -0.3 is 24.5 Å². The summed E-state index contributed by atoms with van der Waals surface area (Å²) in [5, 5.41) is 9.14. The van der Waals surface area contributed by atoms with E-state index in [4.69, 9.17) is 9.84 Å². The number of carbonyl (C=O) groups excluding carboxylic acids is 1. The Hall–Kier alpha value is -4.09. The molecule has 11 heteroatoms. The molecule has 3 aromatic rings. The lowest BCUT2D eigenvalue weighted by Gasteiger charge is -2.39. The van der Waals surface area contributed by atoms with Crippen LogP contribution in [-0.4, -0.2) is 93.8 Å². The van der Waals surface area contributed by atoms with Crippen molar-refractivity contribution in [2.75, 3.05) is 44.8 Å². The maximum atomic E-state index is 15.2. The number of aromatic nitrogens is 2. The van der Waals surface area contributed by atoms with Crippen LogP contribution in [0.15, 0.2) is 54.9 Å². The SMILES string of the molecule is Cc1ccc(F)c([C@@H]2CN(C3CCOCC3)C(=O)N2C2CCN(Cc3cnc(N(C)c4ccc(C(=O)O)cc4)nc3)CC2)c1. The Morgan fingerprint density at radius 2 is 1.70 bits per heavy atom. The lowest BCUT2D eigenvalue weighted by Crippen LogP contribution is -2.48. The molecule has 0 bridgehead atoms. The van der Waals surface area contributed by atoms with Crippen LogP contribution < -0.4 is 4.90 Å². The molecule has 1 atom stereocenters. The predicted octanol–water partition coefficient (Wildman–Crippen LogP) is 5.01. The number of hydrogen-bond acceptors (Lipinski definition) is 7. The Morgan fingerprint density at radius 3 is 2.36 bits per heavy atom. The maximum absolute atomic E-state index is 15.2. The van der Waals surface area contributed by atoms with Gasteiger partial charge in [0.2, 0.25) is 5.95 Å². The third-order valence-electron chi connectivity index (χ3n) is 9.16. The first-order valence-electron chi connectivity index (χ1n) is 15.3. The monoisotopic (exact) mass is 602 g/mol. The number of aromatic carboxylic acids is 1. The highest BCUT2D eigenvalue weighted by Gasteiger charge is 2.46. The average molecular weight is 603 g/mol. The third-order valence-corrected chi connectivity index (χ3v) is 9.16. The van der Waals surface area contributed by atoms with Crippen LogP contribution in [0.1, 0.15) is 58.8 Å². The number of carboxylic acid groups (broad SMARTS) is 1. The fraction of sp³-hybridized carbons (Fsp3) is 0.455. The van der Waals surface area contributed by atoms with Crippen LogP contribution >= 0.6 is 0 Å². The lowest BCUT2D eigenvalue weighted by atomic mass is 9.97. The molecule has 0 aliphatic carbocycles. The van der Waals surface area contributed by atoms with E-state index in [0.29, 0.717) is 37.8 Å². The summed E-state index contributed by atoms with van der Waals surface area (Å²) in [7, 11) is 1.84. The van der Waals surface area contributed by atoms with Gasteiger partial charge in [-0.3, -0.25) is 4.90 Å². The lowest BCUT2D eigenvalue weighted by molar-refractivity contribution is 0.0493. The molecule has 0 radical (unpaired) electrons. The number of likely N-dealkylation sites (tertiary alicyclic amines) is 1. The first-order valence-corrected chi connectivity index (χ1v) is 15.3. The van der Waals surface area contributed by atoms with Gasteiger partial charge in [0.1, 0.15) is 5.82 Å². The van der Waals surface area contributed by atoms with Crippen molar-refractivity contribution in [1.29, 1.82) is 0 Å². The number of ether oxygens (including phenoxy) is 1. The Kier molecular flexibility index (Phi) is 8.76. The Balaban J connectivity index is 1.10. The van der Waals surface area contributed by atoms with E-state index in [-0.39, 0.29) is 35.5 Å². The number of piperidine rings is 1. The van der Waals surface area contributed by atoms with E-state index in [1.54, 1.807) is 30.3 Å². The average Bonchev–Trinajstić information content (AvgIpc) is 3.39. The van der Waals surface area contributed by atoms with E-state index in [0.717, 1.165) is 55.6 Å². The van der Waals surface area contributed by atoms with E-state index in [1.807, 2.05) is 47.1 Å². The molecule has 2 aromatic carbocycles. The maximum Gasteiger partial charge on any atom is 0.335 e. The minimum Gasteiger partial charge on any atom is -0.478 e. The zero-order chi connectivity index (χ0) is 30.8. The highest BCUT2D eigenvalue weighted by Crippen LogP contribution is 2.38. The number of carboxylic acids is 1. The number of hydrogen-bond donors (Lipinski definition) is 1. The molecule has 1 aromatic heterocycles. The van der Waals surface area contributed by atoms with Crippen molar-refractivity contribution in [3.05, 3.63) is 82.9 Å². The van der Waals surface area contributed by atoms with Gasteiger partial charge in [0, 0.05) is 87.7 Å². The van der Waals surface area contributed by atoms with Gasteiger partial charge in [-0.25, -0.2) is 23.9 Å². The zero-order valence-electron chi connectivity index (χ0n) is 25.2. The van der Waals surface area contributed by atoms with Crippen LogP contribution in [0.5, 0.6) is 0 Å². The van der Waals surface area contributed by atoms with Gasteiger partial charge in [-0.1, -0.05) is 17.7 Å². The molecule has 10 nitrogen and oxygen atoms in total. The van der Waals surface area contributed by atoms with Gasteiger partial charge in [0.15, 0.2) is 0 Å². The summed E-state index contributed by atoms with van der Waals surface area (Å²) in [6, 6.07) is 11.7. The summed E-state index contributed by atoms with van der Waals surface area (Å²) >= 11 is 0. The van der Waals surface area contributed by atoms with E-state index >= 15 is 4.39 Å². The topological polar surface area (TPSA) is 102 Å². The molecule has 3 fully saturated rings. The van der Waals surface area contributed by atoms with E-state index in [2.05, 4.69) is 14.9 Å². The van der Waals surface area contributed by atoms with E-state index in [1.165, 1.54) is 6.07 Å². The summed E-state index contributed by atoms with van der Waals surface area (Å²) in [5.74, 6) is -0.699. The van der Waals surface area contributed by atoms with Crippen molar-refractivity contribution >= 4 is 23.6 Å². The summed E-state index contributed by atoms with van der Waals surface area (Å²) in [4.78, 5) is 42.3. The molecule has 0 saturated carbocycles. The molecule has 2 amide bonds. The van der Waals surface area contributed by atoms with Crippen molar-refractivity contribution in [3.63, 3.8) is 0 Å². The van der Waals surface area contributed by atoms with Crippen LogP contribution in [0, 0.1) is 12.7 Å². The molecule has 232 valence electrons. The van der Waals surface area contributed by atoms with Gasteiger partial charge in [-0.2, -0.15) is 0 Å². The zero-order valence-corrected chi connectivity index (χ0v) is 25.2. The highest BCUT2D eigenvalue weighted by molar-refractivity contribution is 5.88. The summed E-state index contributed by atoms with van der Waals surface area (Å²) in [6.07, 6.45) is 6.89. The molecule has 44 heavy (non-hydrogen) atoms. The molecule has 3 aliphatic rings. The molecule has 3 aliphatic heterocycles. The van der Waals surface area contributed by atoms with E-state index in [9.17, 15) is 9.59 Å². The molecular formula is C33H39FN6O4. The summed E-state index contributed by atoms with van der Waals surface area (Å²) < 4.78 is 20.7. The first kappa shape index (κ1) is 30.0. The quantitative estimate of drug-likeness (QED) is 0.384. The number of anilines is 2. The number of halogens is 1. The summed E-state index contributed by atoms with van der Waals surface area (Å²) in [5.41, 5.74) is 3.61. The van der Waals surface area contributed by atoms with Gasteiger partial charge in [-0.05, 0) is 62.9 Å². The standard InChI is InChI=1S/C33H39FN6O4/c1-22-3-8-29(34)28(17-22)30-21-39(26-11-15-44-16-12-26)33(43)40(30)27-9-13-38(14-10-27)20-23-18-35-32(36-19-23)37(2)25-6-4-24(5-7-25)31(41)42/h3-8,17-19,26-27,30H,9-16,20-21H2,1-2H3,(H,41,42)/t30-/m0/s1. The number of aryl methyl sites for hydroxylation is 1. The Bertz CT molecular complexity index is 1470. The first-order chi connectivity index (χ1) is 21.3. The predicted molar refractivity (Wildman–Crippen MR) is 163 cm³/mol. The Morgan fingerprint density at radius 1 is 1.02 bits per heavy atom. The van der Waals surface area contributed by atoms with Gasteiger partial charge >= 0.3 is 12.0 Å².